The van der Waals surface area contributed by atoms with Gasteiger partial charge in [0.2, 0.25) is 0 Å². The van der Waals surface area contributed by atoms with Gasteiger partial charge in [-0.1, -0.05) is 47.1 Å². The molecule has 0 saturated carbocycles. The molecule has 6 heteroatoms. The van der Waals surface area contributed by atoms with Gasteiger partial charge < -0.3 is 4.74 Å². The highest BCUT2D eigenvalue weighted by Gasteiger charge is 2.10. The van der Waals surface area contributed by atoms with Gasteiger partial charge in [-0.15, -0.1) is 0 Å². The molecule has 4 aromatic rings. The van der Waals surface area contributed by atoms with Crippen molar-refractivity contribution >= 4 is 43.8 Å². The number of hydrogen-bond donors (Lipinski definition) is 0. The van der Waals surface area contributed by atoms with Gasteiger partial charge in [-0.2, -0.15) is 9.78 Å². The first-order chi connectivity index (χ1) is 13.6. The molecule has 1 heterocycles. The predicted molar refractivity (Wildman–Crippen MR) is 117 cm³/mol. The second-order valence-corrected chi connectivity index (χ2v) is 7.22. The van der Waals surface area contributed by atoms with Crippen molar-refractivity contribution in [2.75, 3.05) is 7.11 Å². The molecule has 0 unspecified atom stereocenters. The maximum absolute atomic E-state index is 13.0. The third-order valence-electron chi connectivity index (χ3n) is 4.64. The van der Waals surface area contributed by atoms with Gasteiger partial charge in [0.25, 0.3) is 5.56 Å². The van der Waals surface area contributed by atoms with Crippen LogP contribution >= 0.6 is 15.9 Å². The summed E-state index contributed by atoms with van der Waals surface area (Å²) in [7, 11) is 1.65. The molecule has 1 aromatic heterocycles. The number of aromatic nitrogens is 2. The number of benzene rings is 3. The molecule has 3 aromatic carbocycles. The summed E-state index contributed by atoms with van der Waals surface area (Å²) in [6.07, 6.45) is 2.30. The van der Waals surface area contributed by atoms with E-state index in [-0.39, 0.29) is 5.56 Å². The Kier molecular flexibility index (Phi) is 4.96. The lowest BCUT2D eigenvalue weighted by molar-refractivity contribution is 0.420. The van der Waals surface area contributed by atoms with Gasteiger partial charge in [-0.05, 0) is 35.7 Å². The van der Waals surface area contributed by atoms with Crippen LogP contribution in [0, 0.1) is 0 Å². The number of halogens is 1. The lowest BCUT2D eigenvalue weighted by Gasteiger charge is -2.09. The van der Waals surface area contributed by atoms with Crippen LogP contribution in [0.4, 0.5) is 0 Å². The Hall–Kier alpha value is -2.99. The minimum Gasteiger partial charge on any atom is -0.496 e. The third-order valence-corrected chi connectivity index (χ3v) is 5.13. The van der Waals surface area contributed by atoms with E-state index in [1.807, 2.05) is 55.5 Å². The van der Waals surface area contributed by atoms with Crippen LogP contribution in [0.2, 0.25) is 0 Å². The summed E-state index contributed by atoms with van der Waals surface area (Å²) >= 11 is 3.42. The first-order valence-electron chi connectivity index (χ1n) is 8.93. The smallest absolute Gasteiger partial charge is 0.282 e. The Labute approximate surface area is 170 Å². The third kappa shape index (κ3) is 3.20. The maximum atomic E-state index is 13.0. The second kappa shape index (κ2) is 7.56. The summed E-state index contributed by atoms with van der Waals surface area (Å²) in [5, 5.41) is 7.03. The van der Waals surface area contributed by atoms with E-state index < -0.39 is 0 Å². The molecule has 140 valence electrons. The summed E-state index contributed by atoms with van der Waals surface area (Å²) in [6.45, 7) is 1.96. The minimum atomic E-state index is -0.183. The summed E-state index contributed by atoms with van der Waals surface area (Å²) in [6, 6.07) is 17.3. The van der Waals surface area contributed by atoms with Gasteiger partial charge >= 0.3 is 0 Å². The van der Waals surface area contributed by atoms with Crippen LogP contribution in [0.5, 0.6) is 5.75 Å². The molecule has 0 spiro atoms. The van der Waals surface area contributed by atoms with Gasteiger partial charge in [0, 0.05) is 21.8 Å². The number of aryl methyl sites for hydroxylation is 1. The van der Waals surface area contributed by atoms with Crippen LogP contribution in [0.1, 0.15) is 18.3 Å². The van der Waals surface area contributed by atoms with Gasteiger partial charge in [0.05, 0.1) is 24.2 Å². The first-order valence-corrected chi connectivity index (χ1v) is 9.73. The zero-order valence-corrected chi connectivity index (χ0v) is 17.1. The van der Waals surface area contributed by atoms with Crippen molar-refractivity contribution in [3.8, 4) is 5.75 Å². The summed E-state index contributed by atoms with van der Waals surface area (Å²) in [4.78, 5) is 17.6. The van der Waals surface area contributed by atoms with Crippen molar-refractivity contribution in [3.05, 3.63) is 80.8 Å². The highest BCUT2D eigenvalue weighted by molar-refractivity contribution is 9.10. The average Bonchev–Trinajstić information content (AvgIpc) is 2.73. The maximum Gasteiger partial charge on any atom is 0.282 e. The first kappa shape index (κ1) is 18.4. The van der Waals surface area contributed by atoms with Crippen LogP contribution < -0.4 is 10.3 Å². The molecule has 0 radical (unpaired) electrons. The number of nitrogens with zero attached hydrogens (tertiary/aromatic N) is 3. The van der Waals surface area contributed by atoms with E-state index in [0.717, 1.165) is 26.6 Å². The predicted octanol–water partition coefficient (Wildman–Crippen LogP) is 4.77. The molecule has 5 nitrogen and oxygen atoms in total. The van der Waals surface area contributed by atoms with Crippen LogP contribution in [-0.4, -0.2) is 23.0 Å². The lowest BCUT2D eigenvalue weighted by Crippen LogP contribution is -2.22. The Morgan fingerprint density at radius 2 is 1.89 bits per heavy atom. The van der Waals surface area contributed by atoms with Crippen LogP contribution in [-0.2, 0) is 6.42 Å². The molecule has 0 aliphatic rings. The SMILES string of the molecule is CCc1nc2ccc(Br)cc2c(=O)n1N=Cc1ccc(OC)c2ccccc12. The second-order valence-electron chi connectivity index (χ2n) is 6.31. The van der Waals surface area contributed by atoms with E-state index in [2.05, 4.69) is 26.0 Å². The molecule has 28 heavy (non-hydrogen) atoms. The molecule has 4 rings (SSSR count). The summed E-state index contributed by atoms with van der Waals surface area (Å²) in [5.41, 5.74) is 1.39. The molecule has 0 N–H and O–H groups in total. The van der Waals surface area contributed by atoms with Crippen molar-refractivity contribution in [2.45, 2.75) is 13.3 Å². The van der Waals surface area contributed by atoms with Crippen molar-refractivity contribution in [1.29, 1.82) is 0 Å². The molecule has 0 amide bonds. The lowest BCUT2D eigenvalue weighted by atomic mass is 10.0. The molecular formula is C22H18BrN3O2. The Bertz CT molecular complexity index is 1280. The molecule has 0 atom stereocenters. The van der Waals surface area contributed by atoms with Crippen LogP contribution in [0.25, 0.3) is 21.7 Å². The standard InChI is InChI=1S/C22H18BrN3O2/c1-3-21-25-19-10-9-15(23)12-18(19)22(27)26(21)24-13-14-8-11-20(28-2)17-7-5-4-6-16(14)17/h4-13H,3H2,1-2H3. The van der Waals surface area contributed by atoms with E-state index in [1.165, 1.54) is 4.68 Å². The normalized spacial score (nSPS) is 11.5. The zero-order chi connectivity index (χ0) is 19.7. The number of methoxy groups -OCH3 is 1. The molecule has 0 bridgehead atoms. The highest BCUT2D eigenvalue weighted by Crippen LogP contribution is 2.27. The zero-order valence-electron chi connectivity index (χ0n) is 15.5. The number of rotatable bonds is 4. The van der Waals surface area contributed by atoms with E-state index >= 15 is 0 Å². The Morgan fingerprint density at radius 1 is 1.11 bits per heavy atom. The van der Waals surface area contributed by atoms with Crippen molar-refractivity contribution in [1.82, 2.24) is 9.66 Å². The minimum absolute atomic E-state index is 0.183. The Morgan fingerprint density at radius 3 is 2.64 bits per heavy atom. The summed E-state index contributed by atoms with van der Waals surface area (Å²) < 4.78 is 7.66. The molecular weight excluding hydrogens is 418 g/mol. The quantitative estimate of drug-likeness (QED) is 0.434. The van der Waals surface area contributed by atoms with E-state index in [1.54, 1.807) is 19.4 Å². The largest absolute Gasteiger partial charge is 0.496 e. The number of fused-ring (bicyclic) bond motifs is 2. The highest BCUT2D eigenvalue weighted by atomic mass is 79.9. The van der Waals surface area contributed by atoms with Crippen molar-refractivity contribution in [3.63, 3.8) is 0 Å². The fourth-order valence-electron chi connectivity index (χ4n) is 3.25. The van der Waals surface area contributed by atoms with E-state index in [9.17, 15) is 4.79 Å². The van der Waals surface area contributed by atoms with Crippen LogP contribution in [0.3, 0.4) is 0 Å². The number of hydrogen-bond acceptors (Lipinski definition) is 4. The van der Waals surface area contributed by atoms with Gasteiger partial charge in [-0.3, -0.25) is 4.79 Å². The topological polar surface area (TPSA) is 56.5 Å². The monoisotopic (exact) mass is 435 g/mol. The molecule has 0 aliphatic carbocycles. The Balaban J connectivity index is 1.89. The summed E-state index contributed by atoms with van der Waals surface area (Å²) in [5.74, 6) is 1.42. The number of ether oxygens (including phenoxy) is 1. The average molecular weight is 436 g/mol. The fraction of sp³-hybridized carbons (Fsp3) is 0.136. The van der Waals surface area contributed by atoms with Crippen LogP contribution in [0.15, 0.2) is 69.0 Å². The molecule has 0 fully saturated rings. The van der Waals surface area contributed by atoms with Gasteiger partial charge in [0.1, 0.15) is 11.6 Å². The van der Waals surface area contributed by atoms with E-state index in [4.69, 9.17) is 4.74 Å². The van der Waals surface area contributed by atoms with E-state index in [0.29, 0.717) is 23.1 Å². The molecule has 0 saturated heterocycles. The van der Waals surface area contributed by atoms with Crippen molar-refractivity contribution < 1.29 is 4.74 Å². The van der Waals surface area contributed by atoms with Gasteiger partial charge in [0.15, 0.2) is 0 Å². The molecule has 0 aliphatic heterocycles. The van der Waals surface area contributed by atoms with Crippen molar-refractivity contribution in [2.24, 2.45) is 5.10 Å². The fourth-order valence-corrected chi connectivity index (χ4v) is 3.61. The van der Waals surface area contributed by atoms with Gasteiger partial charge in [-0.25, -0.2) is 4.98 Å².